The van der Waals surface area contributed by atoms with Crippen molar-refractivity contribution >= 4 is 22.7 Å². The molecular weight excluding hydrogens is 256 g/mol. The van der Waals surface area contributed by atoms with E-state index in [-0.39, 0.29) is 0 Å². The molecule has 0 saturated heterocycles. The first kappa shape index (κ1) is 11.7. The molecule has 0 amide bonds. The summed E-state index contributed by atoms with van der Waals surface area (Å²) in [6, 6.07) is 17.6. The molecule has 2 heterocycles. The highest BCUT2D eigenvalue weighted by Crippen LogP contribution is 2.33. The molecule has 0 aliphatic carbocycles. The minimum absolute atomic E-state index is 1.32. The first-order valence-corrected chi connectivity index (χ1v) is 7.59. The predicted molar refractivity (Wildman–Crippen MR) is 82.5 cm³/mol. The van der Waals surface area contributed by atoms with E-state index in [1.165, 1.54) is 30.6 Å². The molecule has 0 nitrogen and oxygen atoms in total. The Kier molecular flexibility index (Phi) is 3.06. The van der Waals surface area contributed by atoms with E-state index in [4.69, 9.17) is 0 Å². The summed E-state index contributed by atoms with van der Waals surface area (Å²) in [6.45, 7) is 4.31. The molecule has 0 bridgehead atoms. The number of hydrogen-bond acceptors (Lipinski definition) is 2. The fourth-order valence-corrected chi connectivity index (χ4v) is 3.73. The highest BCUT2D eigenvalue weighted by Gasteiger charge is 2.04. The molecule has 2 heteroatoms. The molecule has 3 rings (SSSR count). The largest absolute Gasteiger partial charge is 0.141 e. The minimum Gasteiger partial charge on any atom is -0.141 e. The van der Waals surface area contributed by atoms with Crippen LogP contribution in [0.2, 0.25) is 0 Å². The van der Waals surface area contributed by atoms with Gasteiger partial charge in [-0.2, -0.15) is 0 Å². The third-order valence-corrected chi connectivity index (χ3v) is 5.01. The highest BCUT2D eigenvalue weighted by molar-refractivity contribution is 7.15. The van der Waals surface area contributed by atoms with Gasteiger partial charge in [0.2, 0.25) is 0 Å². The van der Waals surface area contributed by atoms with Crippen LogP contribution in [-0.4, -0.2) is 0 Å². The summed E-state index contributed by atoms with van der Waals surface area (Å²) in [4.78, 5) is 5.43. The van der Waals surface area contributed by atoms with Crippen molar-refractivity contribution in [3.8, 4) is 20.9 Å². The maximum Gasteiger partial charge on any atom is 0.0345 e. The van der Waals surface area contributed by atoms with Crippen molar-refractivity contribution in [2.75, 3.05) is 0 Å². The normalized spacial score (nSPS) is 10.8. The number of rotatable bonds is 2. The first-order valence-electron chi connectivity index (χ1n) is 5.96. The molecule has 1 aromatic carbocycles. The summed E-state index contributed by atoms with van der Waals surface area (Å²) >= 11 is 3.71. The van der Waals surface area contributed by atoms with Gasteiger partial charge in [0, 0.05) is 19.5 Å². The lowest BCUT2D eigenvalue weighted by Gasteiger charge is -2.01. The summed E-state index contributed by atoms with van der Waals surface area (Å²) in [6.07, 6.45) is 0. The molecule has 90 valence electrons. The van der Waals surface area contributed by atoms with Crippen LogP contribution in [0.1, 0.15) is 9.75 Å². The van der Waals surface area contributed by atoms with Gasteiger partial charge in [-0.1, -0.05) is 18.2 Å². The Hall–Kier alpha value is -1.38. The van der Waals surface area contributed by atoms with Crippen molar-refractivity contribution in [3.05, 3.63) is 58.3 Å². The maximum atomic E-state index is 2.29. The Labute approximate surface area is 116 Å². The molecule has 18 heavy (non-hydrogen) atoms. The van der Waals surface area contributed by atoms with Gasteiger partial charge in [-0.3, -0.25) is 0 Å². The van der Waals surface area contributed by atoms with E-state index in [1.807, 2.05) is 22.7 Å². The molecule has 0 N–H and O–H groups in total. The Balaban J connectivity index is 2.04. The summed E-state index contributed by atoms with van der Waals surface area (Å²) in [5, 5.41) is 0. The van der Waals surface area contributed by atoms with Gasteiger partial charge in [-0.05, 0) is 55.3 Å². The van der Waals surface area contributed by atoms with E-state index in [0.717, 1.165) is 0 Å². The monoisotopic (exact) mass is 270 g/mol. The predicted octanol–water partition coefficient (Wildman–Crippen LogP) is 5.76. The number of thiophene rings is 2. The van der Waals surface area contributed by atoms with Gasteiger partial charge in [0.1, 0.15) is 0 Å². The third kappa shape index (κ3) is 2.26. The van der Waals surface area contributed by atoms with E-state index < -0.39 is 0 Å². The van der Waals surface area contributed by atoms with E-state index in [1.54, 1.807) is 0 Å². The van der Waals surface area contributed by atoms with Crippen LogP contribution in [0.5, 0.6) is 0 Å². The van der Waals surface area contributed by atoms with Crippen LogP contribution in [0.3, 0.4) is 0 Å². The second-order valence-electron chi connectivity index (χ2n) is 4.40. The van der Waals surface area contributed by atoms with Crippen molar-refractivity contribution in [1.82, 2.24) is 0 Å². The van der Waals surface area contributed by atoms with Gasteiger partial charge in [0.25, 0.3) is 0 Å². The lowest BCUT2D eigenvalue weighted by atomic mass is 10.1. The Bertz CT molecular complexity index is 618. The fraction of sp³-hybridized carbons (Fsp3) is 0.125. The van der Waals surface area contributed by atoms with Crippen molar-refractivity contribution in [3.63, 3.8) is 0 Å². The molecule has 0 aliphatic rings. The summed E-state index contributed by atoms with van der Waals surface area (Å²) in [5.74, 6) is 0. The van der Waals surface area contributed by atoms with Gasteiger partial charge in [-0.15, -0.1) is 22.7 Å². The molecule has 2 aromatic heterocycles. The van der Waals surface area contributed by atoms with Crippen LogP contribution in [0.25, 0.3) is 20.9 Å². The van der Waals surface area contributed by atoms with Crippen molar-refractivity contribution in [2.24, 2.45) is 0 Å². The van der Waals surface area contributed by atoms with Crippen LogP contribution >= 0.6 is 22.7 Å². The Morgan fingerprint density at radius 3 is 1.56 bits per heavy atom. The number of aryl methyl sites for hydroxylation is 2. The smallest absolute Gasteiger partial charge is 0.0345 e. The average Bonchev–Trinajstić information content (AvgIpc) is 2.98. The van der Waals surface area contributed by atoms with E-state index in [2.05, 4.69) is 62.4 Å². The van der Waals surface area contributed by atoms with E-state index in [0.29, 0.717) is 0 Å². The first-order chi connectivity index (χ1) is 8.72. The highest BCUT2D eigenvalue weighted by atomic mass is 32.1. The summed E-state index contributed by atoms with van der Waals surface area (Å²) in [5.41, 5.74) is 2.63. The Morgan fingerprint density at radius 1 is 0.667 bits per heavy atom. The molecule has 0 aliphatic heterocycles. The SMILES string of the molecule is Cc1ccc(-c2cccc(-c3ccc(C)s3)c2)s1. The van der Waals surface area contributed by atoms with Gasteiger partial charge in [0.15, 0.2) is 0 Å². The zero-order valence-corrected chi connectivity index (χ0v) is 12.1. The molecule has 0 atom stereocenters. The maximum absolute atomic E-state index is 2.29. The van der Waals surface area contributed by atoms with Crippen molar-refractivity contribution < 1.29 is 0 Å². The molecular formula is C16H14S2. The molecule has 0 spiro atoms. The number of hydrogen-bond donors (Lipinski definition) is 0. The second-order valence-corrected chi connectivity index (χ2v) is 6.98. The quantitative estimate of drug-likeness (QED) is 0.555. The zero-order valence-electron chi connectivity index (χ0n) is 10.4. The molecule has 0 radical (unpaired) electrons. The zero-order chi connectivity index (χ0) is 12.5. The standard InChI is InChI=1S/C16H14S2/c1-11-6-8-15(17-11)13-4-3-5-14(10-13)16-9-7-12(2)18-16/h3-10H,1-2H3. The lowest BCUT2D eigenvalue weighted by molar-refractivity contribution is 1.64. The summed E-state index contributed by atoms with van der Waals surface area (Å²) in [7, 11) is 0. The molecule has 0 unspecified atom stereocenters. The molecule has 3 aromatic rings. The third-order valence-electron chi connectivity index (χ3n) is 2.91. The van der Waals surface area contributed by atoms with Crippen LogP contribution in [0.15, 0.2) is 48.5 Å². The van der Waals surface area contributed by atoms with Crippen LogP contribution in [-0.2, 0) is 0 Å². The minimum atomic E-state index is 1.32. The van der Waals surface area contributed by atoms with Crippen LogP contribution < -0.4 is 0 Å². The van der Waals surface area contributed by atoms with Crippen LogP contribution in [0, 0.1) is 13.8 Å². The van der Waals surface area contributed by atoms with E-state index >= 15 is 0 Å². The van der Waals surface area contributed by atoms with Gasteiger partial charge in [0.05, 0.1) is 0 Å². The van der Waals surface area contributed by atoms with Gasteiger partial charge in [-0.25, -0.2) is 0 Å². The second kappa shape index (κ2) is 4.71. The topological polar surface area (TPSA) is 0 Å². The van der Waals surface area contributed by atoms with Gasteiger partial charge < -0.3 is 0 Å². The van der Waals surface area contributed by atoms with Crippen LogP contribution in [0.4, 0.5) is 0 Å². The summed E-state index contributed by atoms with van der Waals surface area (Å²) < 4.78 is 0. The average molecular weight is 270 g/mol. The van der Waals surface area contributed by atoms with Crippen molar-refractivity contribution in [2.45, 2.75) is 13.8 Å². The van der Waals surface area contributed by atoms with Gasteiger partial charge >= 0.3 is 0 Å². The van der Waals surface area contributed by atoms with E-state index in [9.17, 15) is 0 Å². The molecule has 0 fully saturated rings. The van der Waals surface area contributed by atoms with Crippen molar-refractivity contribution in [1.29, 1.82) is 0 Å². The lowest BCUT2D eigenvalue weighted by Crippen LogP contribution is -1.75. The Morgan fingerprint density at radius 2 is 1.17 bits per heavy atom. The molecule has 0 saturated carbocycles. The number of benzene rings is 1. The fourth-order valence-electron chi connectivity index (χ4n) is 2.01.